The molecule has 1 aromatic heterocycles. The van der Waals surface area contributed by atoms with Gasteiger partial charge in [-0.15, -0.1) is 11.3 Å². The minimum absolute atomic E-state index is 0.405. The van der Waals surface area contributed by atoms with Crippen LogP contribution >= 0.6 is 38.9 Å². The van der Waals surface area contributed by atoms with Gasteiger partial charge in [-0.3, -0.25) is 5.43 Å². The molecule has 4 rings (SSSR count). The monoisotopic (exact) mass is 511 g/mol. The van der Waals surface area contributed by atoms with Gasteiger partial charge < -0.3 is 4.74 Å². The number of esters is 1. The highest BCUT2D eigenvalue weighted by atomic mass is 79.9. The molecule has 0 spiro atoms. The number of hydrogen-bond donors (Lipinski definition) is 1. The van der Waals surface area contributed by atoms with Crippen LogP contribution in [0.4, 0.5) is 5.13 Å². The number of para-hydroxylation sites is 1. The second kappa shape index (κ2) is 9.87. The highest BCUT2D eigenvalue weighted by molar-refractivity contribution is 9.10. The molecule has 5 nitrogen and oxygen atoms in total. The molecular weight excluding hydrogens is 498 g/mol. The molecule has 1 N–H and O–H groups in total. The molecule has 0 radical (unpaired) electrons. The topological polar surface area (TPSA) is 63.6 Å². The second-order valence-corrected chi connectivity index (χ2v) is 8.56. The first-order chi connectivity index (χ1) is 15.1. The molecule has 0 aliphatic rings. The normalized spacial score (nSPS) is 10.9. The predicted molar refractivity (Wildman–Crippen MR) is 129 cm³/mol. The van der Waals surface area contributed by atoms with E-state index in [2.05, 4.69) is 31.4 Å². The Bertz CT molecular complexity index is 1220. The van der Waals surface area contributed by atoms with Gasteiger partial charge in [-0.2, -0.15) is 5.10 Å². The van der Waals surface area contributed by atoms with Gasteiger partial charge >= 0.3 is 5.97 Å². The summed E-state index contributed by atoms with van der Waals surface area (Å²) >= 11 is 10.8. The van der Waals surface area contributed by atoms with E-state index in [1.54, 1.807) is 42.6 Å². The fourth-order valence-corrected chi connectivity index (χ4v) is 3.72. The van der Waals surface area contributed by atoms with Crippen LogP contribution in [0.1, 0.15) is 15.9 Å². The van der Waals surface area contributed by atoms with E-state index in [0.717, 1.165) is 15.7 Å². The van der Waals surface area contributed by atoms with Crippen LogP contribution in [0, 0.1) is 0 Å². The summed E-state index contributed by atoms with van der Waals surface area (Å²) in [4.78, 5) is 16.9. The van der Waals surface area contributed by atoms with Gasteiger partial charge in [-0.1, -0.05) is 51.8 Å². The van der Waals surface area contributed by atoms with Crippen LogP contribution in [-0.4, -0.2) is 17.2 Å². The number of ether oxygens (including phenoxy) is 1. The van der Waals surface area contributed by atoms with E-state index in [-0.39, 0.29) is 0 Å². The van der Waals surface area contributed by atoms with Gasteiger partial charge in [0.15, 0.2) is 0 Å². The lowest BCUT2D eigenvalue weighted by molar-refractivity contribution is 0.0734. The number of rotatable bonds is 6. The maximum Gasteiger partial charge on any atom is 0.343 e. The SMILES string of the molecule is O=C(Oc1ccccc1C=NNc1nc(-c2ccc(Br)cc2)cs1)c1ccc(Cl)cc1. The lowest BCUT2D eigenvalue weighted by Gasteiger charge is -2.07. The van der Waals surface area contributed by atoms with Crippen molar-refractivity contribution in [3.05, 3.63) is 98.8 Å². The lowest BCUT2D eigenvalue weighted by atomic mass is 10.2. The third kappa shape index (κ3) is 5.58. The van der Waals surface area contributed by atoms with E-state index in [0.29, 0.717) is 27.0 Å². The first-order valence-corrected chi connectivity index (χ1v) is 11.2. The third-order valence-electron chi connectivity index (χ3n) is 4.21. The molecule has 0 fully saturated rings. The maximum atomic E-state index is 12.4. The first kappa shape index (κ1) is 21.2. The van der Waals surface area contributed by atoms with Crippen LogP contribution in [0.3, 0.4) is 0 Å². The van der Waals surface area contributed by atoms with Gasteiger partial charge in [-0.25, -0.2) is 9.78 Å². The largest absolute Gasteiger partial charge is 0.422 e. The fourth-order valence-electron chi connectivity index (χ4n) is 2.66. The summed E-state index contributed by atoms with van der Waals surface area (Å²) in [6.45, 7) is 0. The Morgan fingerprint density at radius 2 is 1.81 bits per heavy atom. The van der Waals surface area contributed by atoms with E-state index in [4.69, 9.17) is 16.3 Å². The van der Waals surface area contributed by atoms with Crippen molar-refractivity contribution in [1.82, 2.24) is 4.98 Å². The molecule has 0 aliphatic heterocycles. The van der Waals surface area contributed by atoms with Crippen LogP contribution < -0.4 is 10.2 Å². The van der Waals surface area contributed by atoms with Gasteiger partial charge in [-0.05, 0) is 48.5 Å². The van der Waals surface area contributed by atoms with Crippen molar-refractivity contribution in [3.8, 4) is 17.0 Å². The molecule has 3 aromatic carbocycles. The molecule has 0 saturated heterocycles. The Morgan fingerprint density at radius 3 is 2.58 bits per heavy atom. The number of nitrogens with one attached hydrogen (secondary N) is 1. The van der Waals surface area contributed by atoms with Crippen molar-refractivity contribution in [1.29, 1.82) is 0 Å². The van der Waals surface area contributed by atoms with Crippen molar-refractivity contribution in [2.45, 2.75) is 0 Å². The average molecular weight is 513 g/mol. The Morgan fingerprint density at radius 1 is 1.06 bits per heavy atom. The van der Waals surface area contributed by atoms with Crippen LogP contribution in [-0.2, 0) is 0 Å². The van der Waals surface area contributed by atoms with E-state index in [1.165, 1.54) is 11.3 Å². The summed E-state index contributed by atoms with van der Waals surface area (Å²) < 4.78 is 6.55. The van der Waals surface area contributed by atoms with E-state index in [1.807, 2.05) is 41.8 Å². The molecular formula is C23H15BrClN3O2S. The number of hydrogen-bond acceptors (Lipinski definition) is 6. The minimum atomic E-state index is -0.468. The third-order valence-corrected chi connectivity index (χ3v) is 5.74. The zero-order chi connectivity index (χ0) is 21.6. The summed E-state index contributed by atoms with van der Waals surface area (Å²) in [7, 11) is 0. The molecule has 0 aliphatic carbocycles. The molecule has 8 heteroatoms. The van der Waals surface area contributed by atoms with Crippen LogP contribution in [0.25, 0.3) is 11.3 Å². The zero-order valence-electron chi connectivity index (χ0n) is 16.0. The van der Waals surface area contributed by atoms with Crippen molar-refractivity contribution >= 4 is 56.2 Å². The lowest BCUT2D eigenvalue weighted by Crippen LogP contribution is -2.09. The zero-order valence-corrected chi connectivity index (χ0v) is 19.1. The van der Waals surface area contributed by atoms with Crippen molar-refractivity contribution in [2.24, 2.45) is 5.10 Å². The molecule has 0 unspecified atom stereocenters. The molecule has 154 valence electrons. The van der Waals surface area contributed by atoms with Gasteiger partial charge in [0.25, 0.3) is 0 Å². The summed E-state index contributed by atoms with van der Waals surface area (Å²) in [5.41, 5.74) is 5.89. The number of carbonyl (C=O) groups excluding carboxylic acids is 1. The smallest absolute Gasteiger partial charge is 0.343 e. The van der Waals surface area contributed by atoms with Gasteiger partial charge in [0, 0.05) is 26.0 Å². The first-order valence-electron chi connectivity index (χ1n) is 9.16. The molecule has 0 amide bonds. The van der Waals surface area contributed by atoms with Gasteiger partial charge in [0.05, 0.1) is 17.5 Å². The standard InChI is InChI=1S/C23H15BrClN3O2S/c24-18-9-5-15(6-10-18)20-14-31-23(27-20)28-26-13-17-3-1-2-4-21(17)30-22(29)16-7-11-19(25)12-8-16/h1-14H,(H,27,28). The highest BCUT2D eigenvalue weighted by Crippen LogP contribution is 2.26. The van der Waals surface area contributed by atoms with E-state index >= 15 is 0 Å². The summed E-state index contributed by atoms with van der Waals surface area (Å²) in [6.07, 6.45) is 1.59. The molecule has 0 bridgehead atoms. The highest BCUT2D eigenvalue weighted by Gasteiger charge is 2.11. The maximum absolute atomic E-state index is 12.4. The van der Waals surface area contributed by atoms with Crippen LogP contribution in [0.15, 0.2) is 87.8 Å². The summed E-state index contributed by atoms with van der Waals surface area (Å²) in [6, 6.07) is 21.6. The van der Waals surface area contributed by atoms with Gasteiger partial charge in [0.1, 0.15) is 5.75 Å². The second-order valence-electron chi connectivity index (χ2n) is 6.35. The number of hydrazone groups is 1. The molecule has 0 saturated carbocycles. The molecule has 31 heavy (non-hydrogen) atoms. The number of thiazole rings is 1. The van der Waals surface area contributed by atoms with Crippen LogP contribution in [0.2, 0.25) is 5.02 Å². The Hall–Kier alpha value is -3.00. The van der Waals surface area contributed by atoms with Crippen molar-refractivity contribution in [3.63, 3.8) is 0 Å². The predicted octanol–water partition coefficient (Wildman–Crippen LogP) is 6.89. The van der Waals surface area contributed by atoms with Crippen LogP contribution in [0.5, 0.6) is 5.75 Å². The number of benzene rings is 3. The summed E-state index contributed by atoms with van der Waals surface area (Å²) in [5.74, 6) is -0.0628. The average Bonchev–Trinajstić information content (AvgIpc) is 3.25. The molecule has 4 aromatic rings. The minimum Gasteiger partial charge on any atom is -0.422 e. The molecule has 1 heterocycles. The number of carbonyl (C=O) groups is 1. The quantitative estimate of drug-likeness (QED) is 0.132. The molecule has 0 atom stereocenters. The van der Waals surface area contributed by atoms with E-state index in [9.17, 15) is 4.79 Å². The van der Waals surface area contributed by atoms with Crippen molar-refractivity contribution in [2.75, 3.05) is 5.43 Å². The number of halogens is 2. The van der Waals surface area contributed by atoms with Gasteiger partial charge in [0.2, 0.25) is 5.13 Å². The Labute approximate surface area is 196 Å². The Balaban J connectivity index is 1.43. The summed E-state index contributed by atoms with van der Waals surface area (Å²) in [5, 5.41) is 7.42. The number of anilines is 1. The Kier molecular flexibility index (Phi) is 6.76. The fraction of sp³-hybridized carbons (Fsp3) is 0. The number of aromatic nitrogens is 1. The number of nitrogens with zero attached hydrogens (tertiary/aromatic N) is 2. The van der Waals surface area contributed by atoms with E-state index < -0.39 is 5.97 Å². The van der Waals surface area contributed by atoms with Crippen molar-refractivity contribution < 1.29 is 9.53 Å².